The van der Waals surface area contributed by atoms with E-state index >= 15 is 0 Å². The minimum atomic E-state index is -0.404. The van der Waals surface area contributed by atoms with Crippen molar-refractivity contribution in [3.05, 3.63) is 46.0 Å². The predicted molar refractivity (Wildman–Crippen MR) is 133 cm³/mol. The molecule has 0 radical (unpaired) electrons. The molecule has 0 unspecified atom stereocenters. The topological polar surface area (TPSA) is 124 Å². The number of nitrogens with zero attached hydrogens (tertiary/aromatic N) is 5. The molecule has 0 aliphatic carbocycles. The monoisotopic (exact) mass is 498 g/mol. The molecule has 3 aromatic rings. The van der Waals surface area contributed by atoms with Gasteiger partial charge in [0.05, 0.1) is 25.9 Å². The maximum absolute atomic E-state index is 13.1. The summed E-state index contributed by atoms with van der Waals surface area (Å²) < 4.78 is 17.9. The van der Waals surface area contributed by atoms with Crippen LogP contribution in [0, 0.1) is 5.92 Å². The van der Waals surface area contributed by atoms with Gasteiger partial charge in [-0.25, -0.2) is 4.68 Å². The fourth-order valence-electron chi connectivity index (χ4n) is 4.77. The Balaban J connectivity index is 1.71. The van der Waals surface area contributed by atoms with Crippen molar-refractivity contribution in [2.75, 3.05) is 26.9 Å². The molecule has 11 nitrogen and oxygen atoms in total. The van der Waals surface area contributed by atoms with Crippen LogP contribution in [0.2, 0.25) is 0 Å². The number of ether oxygens (including phenoxy) is 3. The average molecular weight is 499 g/mol. The van der Waals surface area contributed by atoms with Gasteiger partial charge in [-0.2, -0.15) is 0 Å². The van der Waals surface area contributed by atoms with Crippen LogP contribution in [0.1, 0.15) is 51.0 Å². The zero-order chi connectivity index (χ0) is 25.7. The molecule has 3 heterocycles. The first kappa shape index (κ1) is 25.8. The van der Waals surface area contributed by atoms with Crippen molar-refractivity contribution >= 4 is 16.9 Å². The van der Waals surface area contributed by atoms with Crippen molar-refractivity contribution in [1.29, 1.82) is 0 Å². The summed E-state index contributed by atoms with van der Waals surface area (Å²) in [6, 6.07) is 7.19. The summed E-state index contributed by atoms with van der Waals surface area (Å²) in [5, 5.41) is 13.1. The quantitative estimate of drug-likeness (QED) is 0.397. The summed E-state index contributed by atoms with van der Waals surface area (Å²) in [6.45, 7) is 7.80. The number of aromatic nitrogens is 5. The van der Waals surface area contributed by atoms with Crippen LogP contribution in [-0.4, -0.2) is 69.0 Å². The molecule has 0 amide bonds. The third-order valence-electron chi connectivity index (χ3n) is 6.40. The van der Waals surface area contributed by atoms with Crippen molar-refractivity contribution in [2.45, 2.75) is 58.8 Å². The standard InChI is InChI=1S/C25H34N6O5/c1-5-35-22(32)15-31-24(27-28-29-31)23(16(2)3)30(14-20-7-6-10-36-20)13-18-11-17-12-19(34-4)8-9-21(17)26-25(18)33/h8-9,11-12,16,20,23H,5-7,10,13-15H2,1-4H3,(H,26,33)/t20-,23+/m0/s1. The van der Waals surface area contributed by atoms with Crippen LogP contribution >= 0.6 is 0 Å². The van der Waals surface area contributed by atoms with Gasteiger partial charge in [0, 0.05) is 36.2 Å². The van der Waals surface area contributed by atoms with Crippen molar-refractivity contribution in [3.63, 3.8) is 0 Å². The van der Waals surface area contributed by atoms with Gasteiger partial charge in [0.25, 0.3) is 5.56 Å². The molecule has 4 rings (SSSR count). The number of pyridine rings is 1. The van der Waals surface area contributed by atoms with E-state index in [0.29, 0.717) is 24.5 Å². The Kier molecular flexibility index (Phi) is 8.32. The Bertz CT molecular complexity index is 1230. The zero-order valence-corrected chi connectivity index (χ0v) is 21.3. The number of hydrogen-bond donors (Lipinski definition) is 1. The van der Waals surface area contributed by atoms with Gasteiger partial charge >= 0.3 is 5.97 Å². The van der Waals surface area contributed by atoms with Crippen molar-refractivity contribution in [1.82, 2.24) is 30.1 Å². The molecule has 0 bridgehead atoms. The number of aromatic amines is 1. The second-order valence-electron chi connectivity index (χ2n) is 9.33. The number of methoxy groups -OCH3 is 1. The van der Waals surface area contributed by atoms with Gasteiger partial charge in [0.2, 0.25) is 0 Å². The Labute approximate surface area is 209 Å². The van der Waals surface area contributed by atoms with E-state index in [1.807, 2.05) is 24.3 Å². The fraction of sp³-hybridized carbons (Fsp3) is 0.560. The maximum Gasteiger partial charge on any atom is 0.327 e. The Morgan fingerprint density at radius 3 is 2.86 bits per heavy atom. The minimum absolute atomic E-state index is 0.0419. The van der Waals surface area contributed by atoms with E-state index < -0.39 is 5.97 Å². The third kappa shape index (κ3) is 5.90. The number of H-pyrrole nitrogens is 1. The lowest BCUT2D eigenvalue weighted by Gasteiger charge is -2.34. The highest BCUT2D eigenvalue weighted by Crippen LogP contribution is 2.30. The highest BCUT2D eigenvalue weighted by molar-refractivity contribution is 5.80. The number of rotatable bonds is 11. The summed E-state index contributed by atoms with van der Waals surface area (Å²) in [7, 11) is 1.62. The number of esters is 1. The molecule has 1 fully saturated rings. The van der Waals surface area contributed by atoms with Crippen molar-refractivity contribution in [2.24, 2.45) is 5.92 Å². The molecule has 36 heavy (non-hydrogen) atoms. The molecule has 2 aromatic heterocycles. The molecule has 194 valence electrons. The Morgan fingerprint density at radius 2 is 2.17 bits per heavy atom. The smallest absolute Gasteiger partial charge is 0.327 e. The number of fused-ring (bicyclic) bond motifs is 1. The van der Waals surface area contributed by atoms with Gasteiger partial charge in [-0.05, 0) is 60.4 Å². The van der Waals surface area contributed by atoms with Crippen LogP contribution < -0.4 is 10.3 Å². The number of tetrazole rings is 1. The summed E-state index contributed by atoms with van der Waals surface area (Å²) in [5.41, 5.74) is 1.21. The lowest BCUT2D eigenvalue weighted by molar-refractivity contribution is -0.144. The van der Waals surface area contributed by atoms with Crippen LogP contribution in [-0.2, 0) is 27.4 Å². The summed E-state index contributed by atoms with van der Waals surface area (Å²) in [5.74, 6) is 0.946. The molecule has 1 aromatic carbocycles. The number of carbonyl (C=O) groups is 1. The third-order valence-corrected chi connectivity index (χ3v) is 6.40. The van der Waals surface area contributed by atoms with Crippen LogP contribution in [0.15, 0.2) is 29.1 Å². The molecule has 0 spiro atoms. The van der Waals surface area contributed by atoms with Crippen LogP contribution in [0.5, 0.6) is 5.75 Å². The average Bonchev–Trinajstić information content (AvgIpc) is 3.52. The fourth-order valence-corrected chi connectivity index (χ4v) is 4.77. The molecule has 11 heteroatoms. The predicted octanol–water partition coefficient (Wildman–Crippen LogP) is 2.46. The van der Waals surface area contributed by atoms with Gasteiger partial charge in [-0.3, -0.25) is 14.5 Å². The normalized spacial score (nSPS) is 16.7. The van der Waals surface area contributed by atoms with Crippen LogP contribution in [0.4, 0.5) is 0 Å². The van der Waals surface area contributed by atoms with E-state index in [4.69, 9.17) is 14.2 Å². The van der Waals surface area contributed by atoms with Crippen LogP contribution in [0.3, 0.4) is 0 Å². The van der Waals surface area contributed by atoms with Gasteiger partial charge < -0.3 is 19.2 Å². The van der Waals surface area contributed by atoms with E-state index in [-0.39, 0.29) is 36.8 Å². The first-order valence-electron chi connectivity index (χ1n) is 12.4. The minimum Gasteiger partial charge on any atom is -0.497 e. The molecular weight excluding hydrogens is 464 g/mol. The van der Waals surface area contributed by atoms with E-state index in [2.05, 4.69) is 39.3 Å². The van der Waals surface area contributed by atoms with E-state index in [1.165, 1.54) is 4.68 Å². The van der Waals surface area contributed by atoms with Crippen molar-refractivity contribution < 1.29 is 19.0 Å². The molecule has 2 atom stereocenters. The highest BCUT2D eigenvalue weighted by Gasteiger charge is 2.33. The van der Waals surface area contributed by atoms with Gasteiger partial charge in [-0.15, -0.1) is 5.10 Å². The van der Waals surface area contributed by atoms with Gasteiger partial charge in [0.15, 0.2) is 5.82 Å². The molecule has 0 saturated carbocycles. The number of carbonyl (C=O) groups excluding carboxylic acids is 1. The lowest BCUT2D eigenvalue weighted by Crippen LogP contribution is -2.40. The largest absolute Gasteiger partial charge is 0.497 e. The van der Waals surface area contributed by atoms with Crippen molar-refractivity contribution in [3.8, 4) is 5.75 Å². The summed E-state index contributed by atoms with van der Waals surface area (Å²) in [4.78, 5) is 30.4. The Morgan fingerprint density at radius 1 is 1.33 bits per heavy atom. The number of nitrogens with one attached hydrogen (secondary N) is 1. The van der Waals surface area contributed by atoms with E-state index in [1.54, 1.807) is 14.0 Å². The molecule has 1 N–H and O–H groups in total. The first-order valence-corrected chi connectivity index (χ1v) is 12.4. The van der Waals surface area contributed by atoms with Crippen LogP contribution in [0.25, 0.3) is 10.9 Å². The van der Waals surface area contributed by atoms with Gasteiger partial charge in [-0.1, -0.05) is 13.8 Å². The Hall–Kier alpha value is -3.31. The van der Waals surface area contributed by atoms with Gasteiger partial charge in [0.1, 0.15) is 12.3 Å². The summed E-state index contributed by atoms with van der Waals surface area (Å²) >= 11 is 0. The summed E-state index contributed by atoms with van der Waals surface area (Å²) in [6.07, 6.45) is 1.99. The molecule has 1 aliphatic heterocycles. The highest BCUT2D eigenvalue weighted by atomic mass is 16.5. The van der Waals surface area contributed by atoms with E-state index in [9.17, 15) is 9.59 Å². The maximum atomic E-state index is 13.1. The second kappa shape index (κ2) is 11.6. The zero-order valence-electron chi connectivity index (χ0n) is 21.3. The second-order valence-corrected chi connectivity index (χ2v) is 9.33. The molecule has 1 saturated heterocycles. The molecular formula is C25H34N6O5. The van der Waals surface area contributed by atoms with E-state index in [0.717, 1.165) is 36.1 Å². The number of benzene rings is 1. The first-order chi connectivity index (χ1) is 17.4. The number of hydrogen-bond acceptors (Lipinski definition) is 9. The SMILES string of the molecule is CCOC(=O)Cn1nnnc1[C@@H](C(C)C)N(Cc1cc2cc(OC)ccc2[nH]c1=O)C[C@@H]1CCCO1. The molecule has 1 aliphatic rings. The lowest BCUT2D eigenvalue weighted by atomic mass is 9.99.